The van der Waals surface area contributed by atoms with Gasteiger partial charge in [-0.05, 0) is 62.4 Å². The Labute approximate surface area is 212 Å². The van der Waals surface area contributed by atoms with E-state index in [-0.39, 0.29) is 29.4 Å². The van der Waals surface area contributed by atoms with Crippen molar-refractivity contribution in [3.63, 3.8) is 0 Å². The van der Waals surface area contributed by atoms with Crippen molar-refractivity contribution in [2.45, 2.75) is 56.9 Å². The zero-order chi connectivity index (χ0) is 27.6. The molecule has 0 spiro atoms. The fourth-order valence-electron chi connectivity index (χ4n) is 3.80. The molecule has 1 amide bonds. The Morgan fingerprint density at radius 2 is 1.57 bits per heavy atom. The third-order valence-corrected chi connectivity index (χ3v) is 7.41. The highest BCUT2D eigenvalue weighted by Gasteiger charge is 2.48. The number of rotatable bonds is 9. The molecule has 2 aromatic rings. The Morgan fingerprint density at radius 3 is 2.08 bits per heavy atom. The predicted molar refractivity (Wildman–Crippen MR) is 124 cm³/mol. The molecule has 0 aliphatic carbocycles. The molecule has 2 aromatic carbocycles. The zero-order valence-electron chi connectivity index (χ0n) is 20.6. The molecule has 0 aromatic heterocycles. The van der Waals surface area contributed by atoms with Crippen LogP contribution < -0.4 is 9.47 Å². The molecule has 13 heteroatoms. The Kier molecular flexibility index (Phi) is 8.13. The van der Waals surface area contributed by atoms with E-state index in [0.717, 1.165) is 12.1 Å². The van der Waals surface area contributed by atoms with Crippen LogP contribution in [0.3, 0.4) is 0 Å². The molecule has 3 rings (SSSR count). The molecule has 1 aliphatic heterocycles. The summed E-state index contributed by atoms with van der Waals surface area (Å²) in [5.41, 5.74) is -0.724. The van der Waals surface area contributed by atoms with Crippen LogP contribution in [0.25, 0.3) is 0 Å². The summed E-state index contributed by atoms with van der Waals surface area (Å²) in [4.78, 5) is 11.3. The second kappa shape index (κ2) is 10.5. The van der Waals surface area contributed by atoms with Gasteiger partial charge in [-0.1, -0.05) is 13.8 Å². The van der Waals surface area contributed by atoms with Gasteiger partial charge < -0.3 is 18.9 Å². The molecule has 0 saturated carbocycles. The van der Waals surface area contributed by atoms with Crippen LogP contribution in [0.1, 0.15) is 27.7 Å². The van der Waals surface area contributed by atoms with E-state index in [1.54, 1.807) is 27.7 Å². The molecule has 1 saturated heterocycles. The number of ether oxygens (including phenoxy) is 4. The molecule has 0 bridgehead atoms. The van der Waals surface area contributed by atoms with E-state index in [2.05, 4.69) is 4.74 Å². The highest BCUT2D eigenvalue weighted by molar-refractivity contribution is 7.91. The SMILES string of the molecule is CC1(C)OCC(C)(C)[C@H]([C@@H](CS(=O)(=O)c2ccc(Oc3ccc(OC(F)(F)F)cc3)cc2)N(O)C=O)O1. The van der Waals surface area contributed by atoms with Crippen LogP contribution in [0.5, 0.6) is 17.2 Å². The summed E-state index contributed by atoms with van der Waals surface area (Å²) in [7, 11) is -4.02. The van der Waals surface area contributed by atoms with Crippen LogP contribution in [0.15, 0.2) is 53.4 Å². The highest BCUT2D eigenvalue weighted by Crippen LogP contribution is 2.38. The summed E-state index contributed by atoms with van der Waals surface area (Å²) in [6, 6.07) is 8.77. The summed E-state index contributed by atoms with van der Waals surface area (Å²) < 4.78 is 84.3. The van der Waals surface area contributed by atoms with Gasteiger partial charge in [-0.25, -0.2) is 13.5 Å². The number of hydrogen-bond acceptors (Lipinski definition) is 8. The molecule has 1 N–H and O–H groups in total. The van der Waals surface area contributed by atoms with Gasteiger partial charge >= 0.3 is 6.36 Å². The molecule has 1 heterocycles. The van der Waals surface area contributed by atoms with Crippen LogP contribution >= 0.6 is 0 Å². The predicted octanol–water partition coefficient (Wildman–Crippen LogP) is 4.55. The van der Waals surface area contributed by atoms with Gasteiger partial charge in [0.15, 0.2) is 15.6 Å². The second-order valence-electron chi connectivity index (χ2n) is 9.64. The van der Waals surface area contributed by atoms with Crippen molar-refractivity contribution in [1.29, 1.82) is 0 Å². The van der Waals surface area contributed by atoms with Crippen molar-refractivity contribution in [3.8, 4) is 17.2 Å². The minimum atomic E-state index is -4.82. The maximum atomic E-state index is 13.2. The van der Waals surface area contributed by atoms with E-state index < -0.39 is 51.0 Å². The van der Waals surface area contributed by atoms with Crippen molar-refractivity contribution in [1.82, 2.24) is 5.06 Å². The van der Waals surface area contributed by atoms with E-state index in [4.69, 9.17) is 14.2 Å². The quantitative estimate of drug-likeness (QED) is 0.277. The Bertz CT molecular complexity index is 1180. The zero-order valence-corrected chi connectivity index (χ0v) is 21.4. The van der Waals surface area contributed by atoms with Gasteiger partial charge in [0.25, 0.3) is 0 Å². The second-order valence-corrected chi connectivity index (χ2v) is 11.7. The van der Waals surface area contributed by atoms with Gasteiger partial charge in [-0.2, -0.15) is 0 Å². The lowest BCUT2D eigenvalue weighted by molar-refractivity contribution is -0.328. The first-order chi connectivity index (χ1) is 17.0. The molecule has 0 radical (unpaired) electrons. The number of sulfone groups is 1. The van der Waals surface area contributed by atoms with Crippen molar-refractivity contribution in [3.05, 3.63) is 48.5 Å². The molecule has 2 atom stereocenters. The minimum Gasteiger partial charge on any atom is -0.457 e. The van der Waals surface area contributed by atoms with Gasteiger partial charge in [0, 0.05) is 5.41 Å². The third-order valence-electron chi connectivity index (χ3n) is 5.64. The van der Waals surface area contributed by atoms with Crippen LogP contribution in [0.4, 0.5) is 13.2 Å². The van der Waals surface area contributed by atoms with Gasteiger partial charge in [0.05, 0.1) is 23.4 Å². The molecule has 9 nitrogen and oxygen atoms in total. The number of hydrogen-bond donors (Lipinski definition) is 1. The smallest absolute Gasteiger partial charge is 0.457 e. The van der Waals surface area contributed by atoms with Gasteiger partial charge in [-0.3, -0.25) is 10.0 Å². The van der Waals surface area contributed by atoms with E-state index in [1.807, 2.05) is 0 Å². The summed E-state index contributed by atoms with van der Waals surface area (Å²) in [5.74, 6) is -1.67. The number of benzene rings is 2. The van der Waals surface area contributed by atoms with E-state index in [9.17, 15) is 31.6 Å². The Morgan fingerprint density at radius 1 is 1.05 bits per heavy atom. The fraction of sp³-hybridized carbons (Fsp3) is 0.458. The Balaban J connectivity index is 1.76. The summed E-state index contributed by atoms with van der Waals surface area (Å²) in [6.45, 7) is 7.07. The number of amides is 1. The van der Waals surface area contributed by atoms with Gasteiger partial charge in [0.2, 0.25) is 6.41 Å². The first kappa shape index (κ1) is 28.7. The van der Waals surface area contributed by atoms with Crippen molar-refractivity contribution < 1.29 is 50.5 Å². The van der Waals surface area contributed by atoms with Gasteiger partial charge in [-0.15, -0.1) is 13.2 Å². The highest BCUT2D eigenvalue weighted by atomic mass is 32.2. The van der Waals surface area contributed by atoms with E-state index in [1.165, 1.54) is 36.4 Å². The molecular formula is C24H28F3NO8S. The number of nitrogens with zero attached hydrogens (tertiary/aromatic N) is 1. The number of halogens is 3. The molecule has 37 heavy (non-hydrogen) atoms. The number of hydroxylamine groups is 2. The van der Waals surface area contributed by atoms with E-state index in [0.29, 0.717) is 5.06 Å². The number of carbonyl (C=O) groups excluding carboxylic acids is 1. The minimum absolute atomic E-state index is 0.0952. The lowest BCUT2D eigenvalue weighted by Gasteiger charge is -2.49. The summed E-state index contributed by atoms with van der Waals surface area (Å²) in [5, 5.41) is 10.6. The average Bonchev–Trinajstić information content (AvgIpc) is 2.80. The van der Waals surface area contributed by atoms with Crippen molar-refractivity contribution in [2.75, 3.05) is 12.4 Å². The van der Waals surface area contributed by atoms with Gasteiger partial charge in [0.1, 0.15) is 23.3 Å². The summed E-state index contributed by atoms with van der Waals surface area (Å²) in [6.07, 6.45) is -5.55. The van der Waals surface area contributed by atoms with E-state index >= 15 is 0 Å². The first-order valence-electron chi connectivity index (χ1n) is 11.1. The normalized spacial score (nSPS) is 20.1. The maximum Gasteiger partial charge on any atom is 0.573 e. The van der Waals surface area contributed by atoms with Crippen LogP contribution in [-0.2, 0) is 24.1 Å². The lowest BCUT2D eigenvalue weighted by Crippen LogP contribution is -2.60. The molecule has 1 fully saturated rings. The standard InChI is InChI=1S/C24H28F3NO8S/c1-22(2)14-33-23(3,4)36-21(22)20(28(30)15-29)13-37(31,32)19-11-9-17(10-12-19)34-16-5-7-18(8-6-16)35-24(25,26)27/h5-12,15,20-21,30H,13-14H2,1-4H3/t20-,21+/m1/s1. The molecule has 204 valence electrons. The van der Waals surface area contributed by atoms with Crippen molar-refractivity contribution in [2.24, 2.45) is 5.41 Å². The average molecular weight is 548 g/mol. The third kappa shape index (κ3) is 7.57. The maximum absolute atomic E-state index is 13.2. The topological polar surface area (TPSA) is 112 Å². The monoisotopic (exact) mass is 547 g/mol. The summed E-state index contributed by atoms with van der Waals surface area (Å²) >= 11 is 0. The molecule has 0 unspecified atom stereocenters. The van der Waals surface area contributed by atoms with Crippen LogP contribution in [0, 0.1) is 5.41 Å². The number of carbonyl (C=O) groups is 1. The van der Waals surface area contributed by atoms with Crippen LogP contribution in [-0.4, -0.2) is 61.8 Å². The fourth-order valence-corrected chi connectivity index (χ4v) is 5.32. The number of alkyl halides is 3. The van der Waals surface area contributed by atoms with Crippen LogP contribution in [0.2, 0.25) is 0 Å². The lowest BCUT2D eigenvalue weighted by atomic mass is 9.82. The largest absolute Gasteiger partial charge is 0.573 e. The molecular weight excluding hydrogens is 519 g/mol. The Hall–Kier alpha value is -2.87. The first-order valence-corrected chi connectivity index (χ1v) is 12.8. The van der Waals surface area contributed by atoms with Crippen molar-refractivity contribution >= 4 is 16.2 Å². The molecule has 1 aliphatic rings.